The van der Waals surface area contributed by atoms with Crippen molar-refractivity contribution in [3.8, 4) is 11.3 Å². The first kappa shape index (κ1) is 8.68. The van der Waals surface area contributed by atoms with E-state index in [0.717, 1.165) is 5.69 Å². The number of aromatic nitrogens is 2. The Labute approximate surface area is 88.0 Å². The van der Waals surface area contributed by atoms with Crippen molar-refractivity contribution >= 4 is 0 Å². The number of imidazole rings is 1. The second-order valence-corrected chi connectivity index (χ2v) is 3.96. The van der Waals surface area contributed by atoms with E-state index < -0.39 is 6.10 Å². The molecule has 0 aliphatic carbocycles. The van der Waals surface area contributed by atoms with E-state index in [1.807, 2.05) is 29.8 Å². The Kier molecular flexibility index (Phi) is 1.70. The zero-order valence-electron chi connectivity index (χ0n) is 8.46. The van der Waals surface area contributed by atoms with E-state index in [2.05, 4.69) is 17.1 Å². The highest BCUT2D eigenvalue weighted by Crippen LogP contribution is 2.40. The van der Waals surface area contributed by atoms with Crippen LogP contribution in [-0.2, 0) is 0 Å². The van der Waals surface area contributed by atoms with Crippen molar-refractivity contribution in [2.45, 2.75) is 19.1 Å². The van der Waals surface area contributed by atoms with E-state index in [4.69, 9.17) is 0 Å². The molecule has 0 amide bonds. The number of benzene rings is 1. The molecule has 1 aliphatic rings. The van der Waals surface area contributed by atoms with Gasteiger partial charge in [0.1, 0.15) is 0 Å². The number of aliphatic hydroxyl groups is 1. The van der Waals surface area contributed by atoms with E-state index in [0.29, 0.717) is 0 Å². The zero-order chi connectivity index (χ0) is 10.4. The molecule has 1 aromatic carbocycles. The molecule has 0 radical (unpaired) electrons. The molecule has 0 saturated carbocycles. The lowest BCUT2D eigenvalue weighted by atomic mass is 10.0. The number of rotatable bonds is 1. The van der Waals surface area contributed by atoms with Crippen LogP contribution in [0.25, 0.3) is 11.3 Å². The van der Waals surface area contributed by atoms with Crippen LogP contribution in [0.2, 0.25) is 0 Å². The number of hydrogen-bond acceptors (Lipinski definition) is 2. The Morgan fingerprint density at radius 2 is 2.20 bits per heavy atom. The van der Waals surface area contributed by atoms with Gasteiger partial charge < -0.3 is 9.67 Å². The van der Waals surface area contributed by atoms with Gasteiger partial charge in [-0.2, -0.15) is 0 Å². The third kappa shape index (κ3) is 1.07. The average molecular weight is 200 g/mol. The smallest absolute Gasteiger partial charge is 0.0957 e. The topological polar surface area (TPSA) is 38.1 Å². The average Bonchev–Trinajstić information content (AvgIpc) is 2.75. The fourth-order valence-corrected chi connectivity index (χ4v) is 2.37. The lowest BCUT2D eigenvalue weighted by molar-refractivity contribution is 0.152. The van der Waals surface area contributed by atoms with E-state index in [1.54, 1.807) is 6.33 Å². The van der Waals surface area contributed by atoms with Gasteiger partial charge in [-0.25, -0.2) is 4.98 Å². The van der Waals surface area contributed by atoms with E-state index in [9.17, 15) is 5.11 Å². The summed E-state index contributed by atoms with van der Waals surface area (Å²) in [4.78, 5) is 4.13. The van der Waals surface area contributed by atoms with Crippen LogP contribution in [0.1, 0.15) is 18.5 Å². The predicted octanol–water partition coefficient (Wildman–Crippen LogP) is 1.83. The fourth-order valence-electron chi connectivity index (χ4n) is 2.37. The number of fused-ring (bicyclic) bond motifs is 3. The van der Waals surface area contributed by atoms with Crippen molar-refractivity contribution in [2.24, 2.45) is 0 Å². The highest BCUT2D eigenvalue weighted by Gasteiger charge is 2.30. The maximum absolute atomic E-state index is 9.82. The number of nitrogens with zero attached hydrogens (tertiary/aromatic N) is 2. The summed E-state index contributed by atoms with van der Waals surface area (Å²) in [6.45, 7) is 1.82. The summed E-state index contributed by atoms with van der Waals surface area (Å²) in [5.41, 5.74) is 3.46. The molecule has 0 bridgehead atoms. The van der Waals surface area contributed by atoms with Crippen LogP contribution in [0.5, 0.6) is 0 Å². The van der Waals surface area contributed by atoms with Gasteiger partial charge in [0.2, 0.25) is 0 Å². The molecule has 2 atom stereocenters. The summed E-state index contributed by atoms with van der Waals surface area (Å²) in [5.74, 6) is 0. The molecular weight excluding hydrogens is 188 g/mol. The first-order valence-electron chi connectivity index (χ1n) is 5.08. The van der Waals surface area contributed by atoms with Crippen molar-refractivity contribution in [1.29, 1.82) is 0 Å². The van der Waals surface area contributed by atoms with Crippen LogP contribution >= 0.6 is 0 Å². The highest BCUT2D eigenvalue weighted by atomic mass is 16.3. The third-order valence-electron chi connectivity index (χ3n) is 2.98. The quantitative estimate of drug-likeness (QED) is 0.762. The molecule has 3 nitrogen and oxygen atoms in total. The van der Waals surface area contributed by atoms with E-state index in [-0.39, 0.29) is 6.04 Å². The summed E-state index contributed by atoms with van der Waals surface area (Å²) in [6.07, 6.45) is 3.23. The van der Waals surface area contributed by atoms with Gasteiger partial charge in [-0.05, 0) is 12.5 Å². The Hall–Kier alpha value is -1.61. The minimum atomic E-state index is -0.401. The molecule has 0 fully saturated rings. The fraction of sp³-hybridized carbons (Fsp3) is 0.250. The third-order valence-corrected chi connectivity index (χ3v) is 2.98. The van der Waals surface area contributed by atoms with Crippen molar-refractivity contribution in [3.63, 3.8) is 0 Å². The molecule has 2 heterocycles. The lowest BCUT2D eigenvalue weighted by Gasteiger charge is -2.17. The molecule has 0 saturated heterocycles. The first-order valence-corrected chi connectivity index (χ1v) is 5.08. The van der Waals surface area contributed by atoms with Gasteiger partial charge >= 0.3 is 0 Å². The van der Waals surface area contributed by atoms with Crippen LogP contribution < -0.4 is 0 Å². The highest BCUT2D eigenvalue weighted by molar-refractivity contribution is 5.69. The van der Waals surface area contributed by atoms with Crippen molar-refractivity contribution in [2.75, 3.05) is 0 Å². The second-order valence-electron chi connectivity index (χ2n) is 3.96. The Balaban J connectivity index is 2.28. The van der Waals surface area contributed by atoms with E-state index >= 15 is 0 Å². The summed E-state index contributed by atoms with van der Waals surface area (Å²) in [6, 6.07) is 8.18. The van der Waals surface area contributed by atoms with Crippen LogP contribution in [0.3, 0.4) is 0 Å². The first-order chi connectivity index (χ1) is 7.29. The second kappa shape index (κ2) is 2.94. The van der Waals surface area contributed by atoms with Gasteiger partial charge in [0.05, 0.1) is 30.4 Å². The van der Waals surface area contributed by atoms with Crippen molar-refractivity contribution in [3.05, 3.63) is 42.4 Å². The Morgan fingerprint density at radius 3 is 3.00 bits per heavy atom. The van der Waals surface area contributed by atoms with Gasteiger partial charge in [0.25, 0.3) is 0 Å². The van der Waals surface area contributed by atoms with Crippen molar-refractivity contribution < 1.29 is 5.11 Å². The van der Waals surface area contributed by atoms with Crippen LogP contribution in [-0.4, -0.2) is 20.8 Å². The van der Waals surface area contributed by atoms with Crippen LogP contribution in [0, 0.1) is 0 Å². The van der Waals surface area contributed by atoms with Gasteiger partial charge in [-0.3, -0.25) is 0 Å². The summed E-state index contributed by atoms with van der Waals surface area (Å²) >= 11 is 0. The number of aliphatic hydroxyl groups excluding tert-OH is 1. The molecule has 1 unspecified atom stereocenters. The maximum Gasteiger partial charge on any atom is 0.0957 e. The molecule has 15 heavy (non-hydrogen) atoms. The molecule has 0 spiro atoms. The van der Waals surface area contributed by atoms with Crippen LogP contribution in [0.15, 0.2) is 36.8 Å². The predicted molar refractivity (Wildman–Crippen MR) is 57.5 cm³/mol. The molecular formula is C12H12N2O. The summed E-state index contributed by atoms with van der Waals surface area (Å²) in [5, 5.41) is 9.82. The Morgan fingerprint density at radius 1 is 1.40 bits per heavy atom. The summed E-state index contributed by atoms with van der Waals surface area (Å²) in [7, 11) is 0. The molecule has 1 N–H and O–H groups in total. The molecule has 76 valence electrons. The van der Waals surface area contributed by atoms with Gasteiger partial charge in [0.15, 0.2) is 0 Å². The van der Waals surface area contributed by atoms with Crippen molar-refractivity contribution in [1.82, 2.24) is 9.55 Å². The monoisotopic (exact) mass is 200 g/mol. The minimum absolute atomic E-state index is 0.0127. The Bertz CT molecular complexity index is 502. The largest absolute Gasteiger partial charge is 0.391 e. The lowest BCUT2D eigenvalue weighted by Crippen LogP contribution is -2.18. The molecule has 3 rings (SSSR count). The molecule has 3 heteroatoms. The standard InChI is InChI=1S/C12H12N2O/c1-8(15)12-10-5-3-2-4-9(10)11-6-13-7-14(11)12/h2-8,12,15H,1H3/t8-,12?/m1/s1. The SMILES string of the molecule is C[C@@H](O)C1c2ccccc2-c2cncn21. The van der Waals surface area contributed by atoms with Gasteiger partial charge in [-0.15, -0.1) is 0 Å². The zero-order valence-corrected chi connectivity index (χ0v) is 8.46. The molecule has 1 aromatic heterocycles. The summed E-state index contributed by atoms with van der Waals surface area (Å²) < 4.78 is 2.04. The maximum atomic E-state index is 9.82. The minimum Gasteiger partial charge on any atom is -0.391 e. The molecule has 2 aromatic rings. The number of hydrogen-bond donors (Lipinski definition) is 1. The normalized spacial score (nSPS) is 19.7. The van der Waals surface area contributed by atoms with Gasteiger partial charge in [-0.1, -0.05) is 24.3 Å². The van der Waals surface area contributed by atoms with Gasteiger partial charge in [0, 0.05) is 5.56 Å². The molecule has 1 aliphatic heterocycles. The van der Waals surface area contributed by atoms with E-state index in [1.165, 1.54) is 11.1 Å². The van der Waals surface area contributed by atoms with Crippen LogP contribution in [0.4, 0.5) is 0 Å².